The van der Waals surface area contributed by atoms with Crippen molar-refractivity contribution in [3.63, 3.8) is 0 Å². The van der Waals surface area contributed by atoms with Crippen LogP contribution in [-0.2, 0) is 14.8 Å². The first-order chi connectivity index (χ1) is 9.64. The van der Waals surface area contributed by atoms with Crippen molar-refractivity contribution in [2.45, 2.75) is 37.8 Å². The Balaban J connectivity index is 2.78. The van der Waals surface area contributed by atoms with E-state index in [4.69, 9.17) is 0 Å². The van der Waals surface area contributed by atoms with Crippen LogP contribution >= 0.6 is 0 Å². The Kier molecular flexibility index (Phi) is 5.68. The summed E-state index contributed by atoms with van der Waals surface area (Å²) in [6.07, 6.45) is 1.27. The molecule has 0 aliphatic rings. The summed E-state index contributed by atoms with van der Waals surface area (Å²) >= 11 is 0. The first-order valence-electron chi connectivity index (χ1n) is 6.60. The van der Waals surface area contributed by atoms with E-state index in [1.165, 1.54) is 32.4 Å². The van der Waals surface area contributed by atoms with Crippen LogP contribution in [0.2, 0.25) is 0 Å². The molecule has 8 heteroatoms. The van der Waals surface area contributed by atoms with Crippen LogP contribution in [0.1, 0.15) is 20.8 Å². The van der Waals surface area contributed by atoms with Crippen LogP contribution in [0.15, 0.2) is 23.2 Å². The molecule has 0 fully saturated rings. The lowest BCUT2D eigenvalue weighted by Gasteiger charge is -2.17. The summed E-state index contributed by atoms with van der Waals surface area (Å²) in [6.45, 7) is 5.47. The Hall–Kier alpha value is -1.67. The lowest BCUT2D eigenvalue weighted by atomic mass is 10.3. The number of nitrogens with one attached hydrogen (secondary N) is 2. The van der Waals surface area contributed by atoms with Crippen molar-refractivity contribution in [2.75, 3.05) is 19.4 Å². The molecule has 0 aliphatic carbocycles. The standard InChI is InChI=1S/C13H22N4O3S/c1-9(2)15-13(18)10(3)16-12-7-6-11(8-14-12)21(19,20)17(4)5/h6-10H,1-5H3,(H,14,16)(H,15,18). The van der Waals surface area contributed by atoms with E-state index >= 15 is 0 Å². The molecule has 0 saturated heterocycles. The first-order valence-corrected chi connectivity index (χ1v) is 8.04. The normalized spacial score (nSPS) is 13.3. The molecule has 1 amide bonds. The Morgan fingerprint density at radius 1 is 1.24 bits per heavy atom. The van der Waals surface area contributed by atoms with Gasteiger partial charge in [0.1, 0.15) is 16.8 Å². The Bertz CT molecular complexity index is 582. The molecule has 1 atom stereocenters. The Morgan fingerprint density at radius 3 is 2.29 bits per heavy atom. The average molecular weight is 314 g/mol. The number of carbonyl (C=O) groups is 1. The number of pyridine rings is 1. The van der Waals surface area contributed by atoms with Gasteiger partial charge in [-0.2, -0.15) is 0 Å². The summed E-state index contributed by atoms with van der Waals surface area (Å²) in [4.78, 5) is 15.9. The van der Waals surface area contributed by atoms with Gasteiger partial charge in [0.25, 0.3) is 0 Å². The van der Waals surface area contributed by atoms with Gasteiger partial charge in [0.15, 0.2) is 0 Å². The van der Waals surface area contributed by atoms with E-state index in [0.717, 1.165) is 4.31 Å². The molecule has 1 heterocycles. The number of amides is 1. The van der Waals surface area contributed by atoms with Crippen molar-refractivity contribution in [1.82, 2.24) is 14.6 Å². The summed E-state index contributed by atoms with van der Waals surface area (Å²) in [7, 11) is -0.574. The number of sulfonamides is 1. The lowest BCUT2D eigenvalue weighted by molar-refractivity contribution is -0.122. The molecule has 1 unspecified atom stereocenters. The molecule has 1 aromatic rings. The largest absolute Gasteiger partial charge is 0.359 e. The zero-order valence-electron chi connectivity index (χ0n) is 12.9. The zero-order valence-corrected chi connectivity index (χ0v) is 13.7. The lowest BCUT2D eigenvalue weighted by Crippen LogP contribution is -2.41. The molecular formula is C13H22N4O3S. The zero-order chi connectivity index (χ0) is 16.2. The maximum Gasteiger partial charge on any atom is 0.244 e. The van der Waals surface area contributed by atoms with Gasteiger partial charge in [-0.05, 0) is 32.9 Å². The summed E-state index contributed by atoms with van der Waals surface area (Å²) in [5, 5.41) is 5.70. The van der Waals surface area contributed by atoms with Gasteiger partial charge >= 0.3 is 0 Å². The molecule has 0 aromatic carbocycles. The predicted octanol–water partition coefficient (Wildman–Crippen LogP) is 0.657. The third-order valence-corrected chi connectivity index (χ3v) is 4.50. The van der Waals surface area contributed by atoms with E-state index in [1.807, 2.05) is 13.8 Å². The highest BCUT2D eigenvalue weighted by molar-refractivity contribution is 7.89. The minimum atomic E-state index is -3.49. The molecule has 118 valence electrons. The highest BCUT2D eigenvalue weighted by Gasteiger charge is 2.18. The van der Waals surface area contributed by atoms with Gasteiger partial charge in [-0.3, -0.25) is 4.79 Å². The number of anilines is 1. The van der Waals surface area contributed by atoms with Gasteiger partial charge in [0, 0.05) is 26.3 Å². The fourth-order valence-corrected chi connectivity index (χ4v) is 2.37. The van der Waals surface area contributed by atoms with E-state index < -0.39 is 16.1 Å². The number of hydrogen-bond acceptors (Lipinski definition) is 5. The molecule has 1 aromatic heterocycles. The van der Waals surface area contributed by atoms with Crippen LogP contribution in [0.25, 0.3) is 0 Å². The van der Waals surface area contributed by atoms with Crippen molar-refractivity contribution in [3.05, 3.63) is 18.3 Å². The number of rotatable bonds is 6. The van der Waals surface area contributed by atoms with Gasteiger partial charge in [0.05, 0.1) is 0 Å². The van der Waals surface area contributed by atoms with E-state index in [9.17, 15) is 13.2 Å². The molecule has 0 saturated carbocycles. The van der Waals surface area contributed by atoms with Crippen LogP contribution in [0.4, 0.5) is 5.82 Å². The van der Waals surface area contributed by atoms with Gasteiger partial charge in [-0.25, -0.2) is 17.7 Å². The van der Waals surface area contributed by atoms with Crippen molar-refractivity contribution < 1.29 is 13.2 Å². The van der Waals surface area contributed by atoms with Gasteiger partial charge in [-0.15, -0.1) is 0 Å². The fraction of sp³-hybridized carbons (Fsp3) is 0.538. The van der Waals surface area contributed by atoms with E-state index in [0.29, 0.717) is 5.82 Å². The second kappa shape index (κ2) is 6.86. The quantitative estimate of drug-likeness (QED) is 0.805. The van der Waals surface area contributed by atoms with Gasteiger partial charge < -0.3 is 10.6 Å². The third kappa shape index (κ3) is 4.68. The second-order valence-corrected chi connectivity index (χ2v) is 7.35. The summed E-state index contributed by atoms with van der Waals surface area (Å²) < 4.78 is 24.9. The second-order valence-electron chi connectivity index (χ2n) is 5.20. The number of hydrogen-bond donors (Lipinski definition) is 2. The van der Waals surface area contributed by atoms with Gasteiger partial charge in [0.2, 0.25) is 15.9 Å². The number of carbonyl (C=O) groups excluding carboxylic acids is 1. The maximum atomic E-state index is 11.9. The molecule has 1 rings (SSSR count). The highest BCUT2D eigenvalue weighted by atomic mass is 32.2. The maximum absolute atomic E-state index is 11.9. The minimum Gasteiger partial charge on any atom is -0.359 e. The van der Waals surface area contributed by atoms with Crippen molar-refractivity contribution in [3.8, 4) is 0 Å². The third-order valence-electron chi connectivity index (χ3n) is 2.70. The van der Waals surface area contributed by atoms with E-state index in [2.05, 4.69) is 15.6 Å². The monoisotopic (exact) mass is 314 g/mol. The van der Waals surface area contributed by atoms with Crippen LogP contribution < -0.4 is 10.6 Å². The molecular weight excluding hydrogens is 292 g/mol. The Morgan fingerprint density at radius 2 is 1.86 bits per heavy atom. The van der Waals surface area contributed by atoms with E-state index in [1.54, 1.807) is 6.92 Å². The summed E-state index contributed by atoms with van der Waals surface area (Å²) in [6, 6.07) is 2.59. The van der Waals surface area contributed by atoms with Crippen molar-refractivity contribution in [1.29, 1.82) is 0 Å². The van der Waals surface area contributed by atoms with Crippen LogP contribution in [0.3, 0.4) is 0 Å². The minimum absolute atomic E-state index is 0.0577. The van der Waals surface area contributed by atoms with Crippen molar-refractivity contribution in [2.24, 2.45) is 0 Å². The SMILES string of the molecule is CC(C)NC(=O)C(C)Nc1ccc(S(=O)(=O)N(C)C)cn1. The molecule has 0 radical (unpaired) electrons. The smallest absolute Gasteiger partial charge is 0.244 e. The fourth-order valence-electron chi connectivity index (χ4n) is 1.53. The topological polar surface area (TPSA) is 91.4 Å². The molecule has 21 heavy (non-hydrogen) atoms. The predicted molar refractivity (Wildman–Crippen MR) is 81.5 cm³/mol. The molecule has 0 spiro atoms. The highest BCUT2D eigenvalue weighted by Crippen LogP contribution is 2.14. The van der Waals surface area contributed by atoms with Crippen molar-refractivity contribution >= 4 is 21.7 Å². The average Bonchev–Trinajstić information content (AvgIpc) is 2.38. The molecule has 7 nitrogen and oxygen atoms in total. The van der Waals surface area contributed by atoms with E-state index in [-0.39, 0.29) is 16.8 Å². The van der Waals surface area contributed by atoms with Crippen LogP contribution in [-0.4, -0.2) is 49.8 Å². The first kappa shape index (κ1) is 17.4. The Labute approximate surface area is 125 Å². The molecule has 0 bridgehead atoms. The molecule has 0 aliphatic heterocycles. The number of nitrogens with zero attached hydrogens (tertiary/aromatic N) is 2. The van der Waals surface area contributed by atoms with Crippen LogP contribution in [0, 0.1) is 0 Å². The van der Waals surface area contributed by atoms with Crippen LogP contribution in [0.5, 0.6) is 0 Å². The summed E-state index contributed by atoms with van der Waals surface area (Å²) in [5.41, 5.74) is 0. The van der Waals surface area contributed by atoms with Gasteiger partial charge in [-0.1, -0.05) is 0 Å². The molecule has 2 N–H and O–H groups in total. The summed E-state index contributed by atoms with van der Waals surface area (Å²) in [5.74, 6) is 0.302. The number of aromatic nitrogens is 1.